The Hall–Kier alpha value is -0.120. The van der Waals surface area contributed by atoms with Crippen LogP contribution in [0.5, 0.6) is 0 Å². The Morgan fingerprint density at radius 1 is 1.46 bits per heavy atom. The van der Waals surface area contributed by atoms with Gasteiger partial charge in [0.15, 0.2) is 0 Å². The minimum Gasteiger partial charge on any atom is -0.326 e. The quantitative estimate of drug-likeness (QED) is 0.772. The highest BCUT2D eigenvalue weighted by molar-refractivity contribution is 9.10. The molecule has 0 aliphatic carbocycles. The van der Waals surface area contributed by atoms with Gasteiger partial charge in [0.1, 0.15) is 5.82 Å². The minimum atomic E-state index is -0.433. The van der Waals surface area contributed by atoms with Crippen LogP contribution in [0.2, 0.25) is 5.02 Å². The van der Waals surface area contributed by atoms with Crippen LogP contribution < -0.4 is 5.73 Å². The zero-order valence-electron chi connectivity index (χ0n) is 7.57. The van der Waals surface area contributed by atoms with Crippen LogP contribution in [-0.2, 0) is 6.54 Å². The van der Waals surface area contributed by atoms with Crippen molar-refractivity contribution in [2.45, 2.75) is 20.4 Å². The lowest BCUT2D eigenvalue weighted by molar-refractivity contribution is 0.610. The Morgan fingerprint density at radius 2 is 2.00 bits per heavy atom. The molecule has 0 saturated carbocycles. The highest BCUT2D eigenvalue weighted by Crippen LogP contribution is 2.23. The molecule has 0 amide bonds. The predicted octanol–water partition coefficient (Wildman–Crippen LogP) is 3.73. The van der Waals surface area contributed by atoms with E-state index in [9.17, 15) is 4.39 Å². The molecule has 1 aromatic carbocycles. The molecular formula is C9H12BrClFN. The second-order valence-electron chi connectivity index (χ2n) is 2.06. The minimum absolute atomic E-state index is 0.0971. The third-order valence-electron chi connectivity index (χ3n) is 1.29. The summed E-state index contributed by atoms with van der Waals surface area (Å²) in [5, 5.41) is 0.0971. The number of halogens is 3. The first-order chi connectivity index (χ1) is 6.15. The maximum atomic E-state index is 12.9. The smallest absolute Gasteiger partial charge is 0.146 e. The molecule has 0 fully saturated rings. The molecule has 0 radical (unpaired) electrons. The van der Waals surface area contributed by atoms with Gasteiger partial charge in [-0.2, -0.15) is 0 Å². The molecule has 0 saturated heterocycles. The first kappa shape index (κ1) is 12.9. The Kier molecular flexibility index (Phi) is 6.29. The lowest BCUT2D eigenvalue weighted by Crippen LogP contribution is -1.99. The van der Waals surface area contributed by atoms with E-state index in [1.165, 1.54) is 6.07 Å². The Bertz CT molecular complexity index is 279. The van der Waals surface area contributed by atoms with Crippen molar-refractivity contribution in [3.05, 3.63) is 33.0 Å². The monoisotopic (exact) mass is 267 g/mol. The number of hydrogen-bond donors (Lipinski definition) is 1. The van der Waals surface area contributed by atoms with Crippen molar-refractivity contribution in [3.63, 3.8) is 0 Å². The largest absolute Gasteiger partial charge is 0.326 e. The molecule has 2 N–H and O–H groups in total. The maximum absolute atomic E-state index is 12.9. The molecular weight excluding hydrogens is 256 g/mol. The molecule has 74 valence electrons. The van der Waals surface area contributed by atoms with Crippen LogP contribution in [-0.4, -0.2) is 0 Å². The fourth-order valence-corrected chi connectivity index (χ4v) is 1.63. The van der Waals surface area contributed by atoms with Crippen molar-refractivity contribution in [1.82, 2.24) is 0 Å². The van der Waals surface area contributed by atoms with E-state index in [0.717, 1.165) is 4.47 Å². The zero-order valence-corrected chi connectivity index (χ0v) is 9.91. The summed E-state index contributed by atoms with van der Waals surface area (Å²) in [6.45, 7) is 4.16. The van der Waals surface area contributed by atoms with Gasteiger partial charge in [0.2, 0.25) is 0 Å². The van der Waals surface area contributed by atoms with E-state index < -0.39 is 5.82 Å². The third kappa shape index (κ3) is 3.63. The molecule has 0 heterocycles. The van der Waals surface area contributed by atoms with Gasteiger partial charge in [-0.15, -0.1) is 0 Å². The summed E-state index contributed by atoms with van der Waals surface area (Å²) >= 11 is 8.72. The number of rotatable bonds is 1. The zero-order chi connectivity index (χ0) is 10.4. The maximum Gasteiger partial charge on any atom is 0.146 e. The van der Waals surface area contributed by atoms with Crippen LogP contribution in [0.4, 0.5) is 4.39 Å². The predicted molar refractivity (Wildman–Crippen MR) is 58.3 cm³/mol. The molecule has 13 heavy (non-hydrogen) atoms. The molecule has 1 aromatic rings. The standard InChI is InChI=1S/C7H6BrClFN.C2H6/c8-5-1-4(3-11)7(10)6(9)2-5;1-2/h1-2H,3,11H2;1-2H3. The van der Waals surface area contributed by atoms with E-state index in [-0.39, 0.29) is 11.6 Å². The number of hydrogen-bond acceptors (Lipinski definition) is 1. The van der Waals surface area contributed by atoms with Gasteiger partial charge >= 0.3 is 0 Å². The Morgan fingerprint density at radius 3 is 2.46 bits per heavy atom. The summed E-state index contributed by atoms with van der Waals surface area (Å²) in [5.41, 5.74) is 5.69. The van der Waals surface area contributed by atoms with Crippen LogP contribution in [0.3, 0.4) is 0 Å². The molecule has 4 heteroatoms. The highest BCUT2D eigenvalue weighted by atomic mass is 79.9. The first-order valence-electron chi connectivity index (χ1n) is 3.98. The van der Waals surface area contributed by atoms with Crippen molar-refractivity contribution >= 4 is 27.5 Å². The average molecular weight is 269 g/mol. The van der Waals surface area contributed by atoms with E-state index in [0.29, 0.717) is 5.56 Å². The van der Waals surface area contributed by atoms with Gasteiger partial charge in [0, 0.05) is 16.6 Å². The molecule has 0 aromatic heterocycles. The third-order valence-corrected chi connectivity index (χ3v) is 2.02. The van der Waals surface area contributed by atoms with Crippen molar-refractivity contribution in [1.29, 1.82) is 0 Å². The van der Waals surface area contributed by atoms with Crippen LogP contribution in [0.25, 0.3) is 0 Å². The second kappa shape index (κ2) is 6.35. The molecule has 0 bridgehead atoms. The number of nitrogens with two attached hydrogens (primary N) is 1. The molecule has 0 aliphatic heterocycles. The van der Waals surface area contributed by atoms with Crippen molar-refractivity contribution in [3.8, 4) is 0 Å². The van der Waals surface area contributed by atoms with E-state index in [2.05, 4.69) is 15.9 Å². The highest BCUT2D eigenvalue weighted by Gasteiger charge is 2.05. The lowest BCUT2D eigenvalue weighted by Gasteiger charge is -2.01. The summed E-state index contributed by atoms with van der Waals surface area (Å²) in [5.74, 6) is -0.433. The van der Waals surface area contributed by atoms with Crippen LogP contribution in [0.15, 0.2) is 16.6 Å². The summed E-state index contributed by atoms with van der Waals surface area (Å²) in [7, 11) is 0. The summed E-state index contributed by atoms with van der Waals surface area (Å²) in [6.07, 6.45) is 0. The Labute approximate surface area is 91.2 Å². The number of benzene rings is 1. The summed E-state index contributed by atoms with van der Waals surface area (Å²) < 4.78 is 13.7. The van der Waals surface area contributed by atoms with Gasteiger partial charge in [-0.05, 0) is 12.1 Å². The summed E-state index contributed by atoms with van der Waals surface area (Å²) in [6, 6.07) is 3.11. The molecule has 1 nitrogen and oxygen atoms in total. The van der Waals surface area contributed by atoms with Gasteiger partial charge in [0.25, 0.3) is 0 Å². The van der Waals surface area contributed by atoms with Crippen molar-refractivity contribution in [2.75, 3.05) is 0 Å². The molecule has 1 rings (SSSR count). The van der Waals surface area contributed by atoms with E-state index in [1.807, 2.05) is 13.8 Å². The van der Waals surface area contributed by atoms with Gasteiger partial charge in [0.05, 0.1) is 5.02 Å². The van der Waals surface area contributed by atoms with E-state index in [1.54, 1.807) is 6.07 Å². The lowest BCUT2D eigenvalue weighted by atomic mass is 10.2. The van der Waals surface area contributed by atoms with Crippen molar-refractivity contribution in [2.24, 2.45) is 5.73 Å². The molecule has 0 spiro atoms. The Balaban J connectivity index is 0.000000671. The fourth-order valence-electron chi connectivity index (χ4n) is 0.758. The fraction of sp³-hybridized carbons (Fsp3) is 0.333. The van der Waals surface area contributed by atoms with Gasteiger partial charge in [-0.25, -0.2) is 4.39 Å². The van der Waals surface area contributed by atoms with Gasteiger partial charge in [-0.1, -0.05) is 41.4 Å². The first-order valence-corrected chi connectivity index (χ1v) is 5.15. The molecule has 0 unspecified atom stereocenters. The van der Waals surface area contributed by atoms with E-state index >= 15 is 0 Å². The van der Waals surface area contributed by atoms with Crippen molar-refractivity contribution < 1.29 is 4.39 Å². The topological polar surface area (TPSA) is 26.0 Å². The van der Waals surface area contributed by atoms with Gasteiger partial charge < -0.3 is 5.73 Å². The SMILES string of the molecule is CC.NCc1cc(Br)cc(Cl)c1F. The average Bonchev–Trinajstić information content (AvgIpc) is 2.14. The molecule has 0 atom stereocenters. The summed E-state index contributed by atoms with van der Waals surface area (Å²) in [4.78, 5) is 0. The molecule has 0 aliphatic rings. The van der Waals surface area contributed by atoms with E-state index in [4.69, 9.17) is 17.3 Å². The van der Waals surface area contributed by atoms with Gasteiger partial charge in [-0.3, -0.25) is 0 Å². The van der Waals surface area contributed by atoms with Crippen LogP contribution in [0.1, 0.15) is 19.4 Å². The second-order valence-corrected chi connectivity index (χ2v) is 3.39. The van der Waals surface area contributed by atoms with Crippen LogP contribution in [0, 0.1) is 5.82 Å². The normalized spacial score (nSPS) is 9.08. The van der Waals surface area contributed by atoms with Crippen LogP contribution >= 0.6 is 27.5 Å².